The number of anilines is 1. The SMILES string of the molecule is Cc1cccc(N=Nc2c(N)nc(Cc3ccccc3)c(C#N)c2C)c1. The smallest absolute Gasteiger partial charge is 0.151 e. The Labute approximate surface area is 152 Å². The molecule has 128 valence electrons. The van der Waals surface area contributed by atoms with Gasteiger partial charge in [0.05, 0.1) is 16.9 Å². The Balaban J connectivity index is 1.99. The molecule has 0 amide bonds. The summed E-state index contributed by atoms with van der Waals surface area (Å²) < 4.78 is 0. The molecule has 0 aliphatic rings. The Kier molecular flexibility index (Phi) is 5.04. The lowest BCUT2D eigenvalue weighted by molar-refractivity contribution is 1.04. The fraction of sp³-hybridized carbons (Fsp3) is 0.143. The van der Waals surface area contributed by atoms with E-state index in [0.29, 0.717) is 28.9 Å². The molecule has 0 fully saturated rings. The molecule has 3 aromatic rings. The normalized spacial score (nSPS) is 10.8. The van der Waals surface area contributed by atoms with Crippen molar-refractivity contribution < 1.29 is 0 Å². The van der Waals surface area contributed by atoms with Gasteiger partial charge >= 0.3 is 0 Å². The average molecular weight is 341 g/mol. The minimum atomic E-state index is 0.281. The summed E-state index contributed by atoms with van der Waals surface area (Å²) in [6.07, 6.45) is 0.546. The Bertz CT molecular complexity index is 1000. The fourth-order valence-electron chi connectivity index (χ4n) is 2.77. The zero-order valence-corrected chi connectivity index (χ0v) is 14.8. The summed E-state index contributed by atoms with van der Waals surface area (Å²) >= 11 is 0. The summed E-state index contributed by atoms with van der Waals surface area (Å²) in [5.41, 5.74) is 11.3. The second kappa shape index (κ2) is 7.58. The number of nitrogens with zero attached hydrogens (tertiary/aromatic N) is 4. The van der Waals surface area contributed by atoms with Gasteiger partial charge in [0.15, 0.2) is 5.82 Å². The lowest BCUT2D eigenvalue weighted by Gasteiger charge is -2.10. The van der Waals surface area contributed by atoms with Crippen molar-refractivity contribution in [3.63, 3.8) is 0 Å². The van der Waals surface area contributed by atoms with Gasteiger partial charge in [-0.3, -0.25) is 0 Å². The first-order valence-electron chi connectivity index (χ1n) is 8.30. The second-order valence-electron chi connectivity index (χ2n) is 6.11. The quantitative estimate of drug-likeness (QED) is 0.665. The van der Waals surface area contributed by atoms with E-state index in [9.17, 15) is 5.26 Å². The molecule has 3 rings (SSSR count). The number of hydrogen-bond acceptors (Lipinski definition) is 5. The maximum atomic E-state index is 9.61. The van der Waals surface area contributed by atoms with Crippen molar-refractivity contribution in [2.75, 3.05) is 5.73 Å². The van der Waals surface area contributed by atoms with Crippen molar-refractivity contribution in [2.45, 2.75) is 20.3 Å². The van der Waals surface area contributed by atoms with Gasteiger partial charge in [0.2, 0.25) is 0 Å². The highest BCUT2D eigenvalue weighted by atomic mass is 15.1. The summed E-state index contributed by atoms with van der Waals surface area (Å²) in [6, 6.07) is 19.8. The van der Waals surface area contributed by atoms with Crippen LogP contribution in [0.5, 0.6) is 0 Å². The van der Waals surface area contributed by atoms with Gasteiger partial charge in [0.25, 0.3) is 0 Å². The summed E-state index contributed by atoms with van der Waals surface area (Å²) in [6.45, 7) is 3.82. The standard InChI is InChI=1S/C21H19N5/c1-14-7-6-10-17(11-14)25-26-20-15(2)18(13-22)19(24-21(20)23)12-16-8-4-3-5-9-16/h3-11H,12H2,1-2H3,(H2,23,24). The highest BCUT2D eigenvalue weighted by molar-refractivity contribution is 5.67. The van der Waals surface area contributed by atoms with Crippen molar-refractivity contribution in [1.82, 2.24) is 4.98 Å². The molecule has 0 saturated carbocycles. The van der Waals surface area contributed by atoms with Crippen LogP contribution in [0.2, 0.25) is 0 Å². The van der Waals surface area contributed by atoms with Crippen LogP contribution < -0.4 is 5.73 Å². The van der Waals surface area contributed by atoms with Crippen LogP contribution in [-0.2, 0) is 6.42 Å². The number of pyridine rings is 1. The molecule has 5 nitrogen and oxygen atoms in total. The molecule has 2 N–H and O–H groups in total. The molecule has 0 spiro atoms. The predicted octanol–water partition coefficient (Wildman–Crippen LogP) is 5.16. The fourth-order valence-corrected chi connectivity index (χ4v) is 2.77. The van der Waals surface area contributed by atoms with Crippen LogP contribution in [0.1, 0.15) is 27.9 Å². The summed E-state index contributed by atoms with van der Waals surface area (Å²) in [7, 11) is 0. The minimum Gasteiger partial charge on any atom is -0.382 e. The van der Waals surface area contributed by atoms with E-state index in [1.54, 1.807) is 0 Å². The molecule has 0 aliphatic heterocycles. The number of aromatic nitrogens is 1. The monoisotopic (exact) mass is 341 g/mol. The van der Waals surface area contributed by atoms with E-state index in [1.807, 2.05) is 68.4 Å². The average Bonchev–Trinajstić information content (AvgIpc) is 2.62. The van der Waals surface area contributed by atoms with Crippen LogP contribution in [-0.4, -0.2) is 4.98 Å². The molecule has 5 heteroatoms. The van der Waals surface area contributed by atoms with E-state index in [0.717, 1.165) is 16.8 Å². The van der Waals surface area contributed by atoms with Crippen molar-refractivity contribution in [2.24, 2.45) is 10.2 Å². The van der Waals surface area contributed by atoms with Crippen molar-refractivity contribution in [3.8, 4) is 6.07 Å². The Morgan fingerprint density at radius 3 is 2.50 bits per heavy atom. The molecule has 1 aromatic heterocycles. The van der Waals surface area contributed by atoms with Gasteiger partial charge in [-0.05, 0) is 42.7 Å². The van der Waals surface area contributed by atoms with E-state index < -0.39 is 0 Å². The number of aryl methyl sites for hydroxylation is 1. The summed E-state index contributed by atoms with van der Waals surface area (Å²) in [5, 5.41) is 18.1. The Morgan fingerprint density at radius 1 is 1.04 bits per heavy atom. The number of rotatable bonds is 4. The third-order valence-corrected chi connectivity index (χ3v) is 4.11. The third kappa shape index (κ3) is 3.76. The van der Waals surface area contributed by atoms with E-state index >= 15 is 0 Å². The number of nitrogen functional groups attached to an aromatic ring is 1. The van der Waals surface area contributed by atoms with Crippen LogP contribution in [0, 0.1) is 25.2 Å². The van der Waals surface area contributed by atoms with Gasteiger partial charge < -0.3 is 5.73 Å². The molecule has 26 heavy (non-hydrogen) atoms. The number of nitrogens with two attached hydrogens (primary N) is 1. The molecular formula is C21H19N5. The zero-order valence-electron chi connectivity index (χ0n) is 14.8. The van der Waals surface area contributed by atoms with Crippen molar-refractivity contribution >= 4 is 17.2 Å². The van der Waals surface area contributed by atoms with Crippen LogP contribution >= 0.6 is 0 Å². The molecular weight excluding hydrogens is 322 g/mol. The number of nitriles is 1. The molecule has 0 unspecified atom stereocenters. The van der Waals surface area contributed by atoms with Crippen LogP contribution in [0.15, 0.2) is 64.8 Å². The van der Waals surface area contributed by atoms with Crippen molar-refractivity contribution in [3.05, 3.63) is 82.5 Å². The van der Waals surface area contributed by atoms with Crippen LogP contribution in [0.3, 0.4) is 0 Å². The van der Waals surface area contributed by atoms with E-state index in [-0.39, 0.29) is 5.82 Å². The number of azo groups is 1. The van der Waals surface area contributed by atoms with Crippen molar-refractivity contribution in [1.29, 1.82) is 5.26 Å². The molecule has 0 radical (unpaired) electrons. The van der Waals surface area contributed by atoms with E-state index in [4.69, 9.17) is 5.73 Å². The predicted molar refractivity (Wildman–Crippen MR) is 103 cm³/mol. The minimum absolute atomic E-state index is 0.281. The first-order valence-corrected chi connectivity index (χ1v) is 8.30. The second-order valence-corrected chi connectivity index (χ2v) is 6.11. The Hall–Kier alpha value is -3.52. The van der Waals surface area contributed by atoms with Crippen LogP contribution in [0.25, 0.3) is 0 Å². The highest BCUT2D eigenvalue weighted by Gasteiger charge is 2.15. The zero-order chi connectivity index (χ0) is 18.5. The first-order chi connectivity index (χ1) is 12.6. The lowest BCUT2D eigenvalue weighted by atomic mass is 10.0. The molecule has 0 saturated heterocycles. The van der Waals surface area contributed by atoms with Gasteiger partial charge in [-0.15, -0.1) is 5.11 Å². The molecule has 1 heterocycles. The molecule has 0 bridgehead atoms. The topological polar surface area (TPSA) is 87.4 Å². The van der Waals surface area contributed by atoms with Gasteiger partial charge in [0.1, 0.15) is 11.8 Å². The summed E-state index contributed by atoms with van der Waals surface area (Å²) in [4.78, 5) is 4.43. The van der Waals surface area contributed by atoms with Crippen LogP contribution in [0.4, 0.5) is 17.2 Å². The van der Waals surface area contributed by atoms with Gasteiger partial charge in [-0.25, -0.2) is 4.98 Å². The van der Waals surface area contributed by atoms with E-state index in [1.165, 1.54) is 0 Å². The highest BCUT2D eigenvalue weighted by Crippen LogP contribution is 2.31. The van der Waals surface area contributed by atoms with Gasteiger partial charge in [-0.2, -0.15) is 10.4 Å². The number of hydrogen-bond donors (Lipinski definition) is 1. The van der Waals surface area contributed by atoms with E-state index in [2.05, 4.69) is 21.3 Å². The largest absolute Gasteiger partial charge is 0.382 e. The third-order valence-electron chi connectivity index (χ3n) is 4.11. The summed E-state index contributed by atoms with van der Waals surface area (Å²) in [5.74, 6) is 0.281. The molecule has 0 aliphatic carbocycles. The van der Waals surface area contributed by atoms with Gasteiger partial charge in [0, 0.05) is 6.42 Å². The maximum absolute atomic E-state index is 9.61. The first kappa shape index (κ1) is 17.3. The maximum Gasteiger partial charge on any atom is 0.151 e. The van der Waals surface area contributed by atoms with Gasteiger partial charge in [-0.1, -0.05) is 42.5 Å². The molecule has 0 atom stereocenters. The molecule has 2 aromatic carbocycles. The lowest BCUT2D eigenvalue weighted by Crippen LogP contribution is -2.04. The number of benzene rings is 2. The Morgan fingerprint density at radius 2 is 1.81 bits per heavy atom.